The number of nitrogens with zero attached hydrogens (tertiary/aromatic N) is 1. The van der Waals surface area contributed by atoms with E-state index in [4.69, 9.17) is 5.26 Å². The molecule has 0 N–H and O–H groups in total. The Hall–Kier alpha value is -1.41. The van der Waals surface area contributed by atoms with Crippen LogP contribution in [0.4, 0.5) is 13.2 Å². The van der Waals surface area contributed by atoms with Crippen molar-refractivity contribution in [1.29, 1.82) is 5.26 Å². The van der Waals surface area contributed by atoms with Crippen LogP contribution in [0.15, 0.2) is 35.2 Å². The molecule has 5 heteroatoms. The summed E-state index contributed by atoms with van der Waals surface area (Å²) in [6.07, 6.45) is 1.21. The number of hydrogen-bond donors (Lipinski definition) is 0. The summed E-state index contributed by atoms with van der Waals surface area (Å²) in [5.41, 5.74) is -3.85. The van der Waals surface area contributed by atoms with Crippen molar-refractivity contribution >= 4 is 17.8 Å². The highest BCUT2D eigenvalue weighted by Crippen LogP contribution is 2.36. The largest absolute Gasteiger partial charge is 0.447 e. The van der Waals surface area contributed by atoms with E-state index in [0.29, 0.717) is 5.56 Å². The van der Waals surface area contributed by atoms with Gasteiger partial charge in [0.05, 0.1) is 4.91 Å². The minimum absolute atomic E-state index is 0.367. The lowest BCUT2D eigenvalue weighted by atomic mass is 10.2. The fourth-order valence-electron chi connectivity index (χ4n) is 0.910. The van der Waals surface area contributed by atoms with Gasteiger partial charge in [0, 0.05) is 0 Å². The van der Waals surface area contributed by atoms with E-state index in [1.165, 1.54) is 12.1 Å². The highest BCUT2D eigenvalue weighted by atomic mass is 32.2. The molecule has 0 aromatic heterocycles. The second-order valence-electron chi connectivity index (χ2n) is 2.58. The van der Waals surface area contributed by atoms with Crippen molar-refractivity contribution < 1.29 is 13.2 Å². The first-order valence-corrected chi connectivity index (χ1v) is 4.75. The predicted molar refractivity (Wildman–Crippen MR) is 53.7 cm³/mol. The van der Waals surface area contributed by atoms with Gasteiger partial charge in [-0.05, 0) is 23.4 Å². The molecule has 1 rings (SSSR count). The summed E-state index contributed by atoms with van der Waals surface area (Å²) in [7, 11) is 0. The van der Waals surface area contributed by atoms with Gasteiger partial charge in [-0.15, -0.1) is 0 Å². The first kappa shape index (κ1) is 11.7. The summed E-state index contributed by atoms with van der Waals surface area (Å²) in [6.45, 7) is 0. The first-order valence-electron chi connectivity index (χ1n) is 3.94. The average Bonchev–Trinajstić information content (AvgIpc) is 2.16. The van der Waals surface area contributed by atoms with Crippen molar-refractivity contribution in [3.63, 3.8) is 0 Å². The van der Waals surface area contributed by atoms with Crippen molar-refractivity contribution in [2.45, 2.75) is 5.51 Å². The fourth-order valence-corrected chi connectivity index (χ4v) is 1.40. The van der Waals surface area contributed by atoms with Gasteiger partial charge in [-0.3, -0.25) is 0 Å². The lowest BCUT2D eigenvalue weighted by Gasteiger charge is -2.03. The van der Waals surface area contributed by atoms with Crippen LogP contribution in [0.5, 0.6) is 0 Å². The van der Waals surface area contributed by atoms with Gasteiger partial charge in [-0.25, -0.2) is 0 Å². The molecule has 1 nitrogen and oxygen atoms in total. The number of thioether (sulfide) groups is 1. The van der Waals surface area contributed by atoms with Gasteiger partial charge in [-0.1, -0.05) is 30.3 Å². The Bertz CT molecular complexity index is 389. The lowest BCUT2D eigenvalue weighted by Crippen LogP contribution is -1.99. The molecule has 15 heavy (non-hydrogen) atoms. The molecule has 0 unspecified atom stereocenters. The van der Waals surface area contributed by atoms with Crippen LogP contribution in [0.2, 0.25) is 0 Å². The van der Waals surface area contributed by atoms with Gasteiger partial charge in [-0.2, -0.15) is 18.4 Å². The maximum absolute atomic E-state index is 12.0. The van der Waals surface area contributed by atoms with Gasteiger partial charge >= 0.3 is 5.51 Å². The average molecular weight is 229 g/mol. The van der Waals surface area contributed by atoms with Gasteiger partial charge < -0.3 is 0 Å². The number of halogens is 3. The van der Waals surface area contributed by atoms with Crippen LogP contribution < -0.4 is 0 Å². The smallest absolute Gasteiger partial charge is 0.192 e. The van der Waals surface area contributed by atoms with Crippen molar-refractivity contribution in [2.75, 3.05) is 0 Å². The van der Waals surface area contributed by atoms with Crippen LogP contribution in [0.3, 0.4) is 0 Å². The van der Waals surface area contributed by atoms with Crippen molar-refractivity contribution in [2.24, 2.45) is 0 Å². The van der Waals surface area contributed by atoms with Crippen LogP contribution >= 0.6 is 11.8 Å². The van der Waals surface area contributed by atoms with Crippen molar-refractivity contribution in [3.05, 3.63) is 40.8 Å². The molecule has 0 aliphatic rings. The third-order valence-corrected chi connectivity index (χ3v) is 2.09. The molecule has 1 aromatic carbocycles. The Morgan fingerprint density at radius 2 is 1.87 bits per heavy atom. The summed E-state index contributed by atoms with van der Waals surface area (Å²) in [4.78, 5) is -0.367. The first-order chi connectivity index (χ1) is 7.01. The zero-order chi connectivity index (χ0) is 11.3. The predicted octanol–water partition coefficient (Wildman–Crippen LogP) is 3.80. The highest BCUT2D eigenvalue weighted by Gasteiger charge is 2.30. The second-order valence-corrected chi connectivity index (χ2v) is 3.69. The van der Waals surface area contributed by atoms with Crippen LogP contribution in [0.25, 0.3) is 6.08 Å². The lowest BCUT2D eigenvalue weighted by molar-refractivity contribution is -0.0321. The highest BCUT2D eigenvalue weighted by molar-refractivity contribution is 8.04. The molecule has 0 spiro atoms. The van der Waals surface area contributed by atoms with Crippen molar-refractivity contribution in [3.8, 4) is 6.07 Å². The monoisotopic (exact) mass is 229 g/mol. The summed E-state index contributed by atoms with van der Waals surface area (Å²) in [5.74, 6) is 0. The van der Waals surface area contributed by atoms with E-state index >= 15 is 0 Å². The molecule has 0 atom stereocenters. The van der Waals surface area contributed by atoms with E-state index in [-0.39, 0.29) is 4.91 Å². The van der Waals surface area contributed by atoms with Gasteiger partial charge in [0.1, 0.15) is 6.07 Å². The van der Waals surface area contributed by atoms with Crippen LogP contribution in [0.1, 0.15) is 5.56 Å². The van der Waals surface area contributed by atoms with Crippen molar-refractivity contribution in [1.82, 2.24) is 0 Å². The van der Waals surface area contributed by atoms with Gasteiger partial charge in [0.25, 0.3) is 0 Å². The molecule has 0 amide bonds. The van der Waals surface area contributed by atoms with Crippen LogP contribution in [0, 0.1) is 11.3 Å². The molecule has 0 bridgehead atoms. The molecule has 78 valence electrons. The second kappa shape index (κ2) is 4.89. The molecular formula is C10H6F3NS. The topological polar surface area (TPSA) is 23.8 Å². The van der Waals surface area contributed by atoms with E-state index in [2.05, 4.69) is 0 Å². The van der Waals surface area contributed by atoms with Gasteiger partial charge in [0.15, 0.2) is 0 Å². The maximum atomic E-state index is 12.0. The van der Waals surface area contributed by atoms with E-state index in [0.717, 1.165) is 0 Å². The fraction of sp³-hybridized carbons (Fsp3) is 0.100. The number of hydrogen-bond acceptors (Lipinski definition) is 2. The maximum Gasteiger partial charge on any atom is 0.447 e. The molecule has 0 saturated carbocycles. The number of alkyl halides is 3. The minimum Gasteiger partial charge on any atom is -0.192 e. The third-order valence-electron chi connectivity index (χ3n) is 1.43. The summed E-state index contributed by atoms with van der Waals surface area (Å²) in [6, 6.07) is 9.91. The molecule has 0 aliphatic heterocycles. The Labute approximate surface area is 89.2 Å². The summed E-state index contributed by atoms with van der Waals surface area (Å²) >= 11 is -0.403. The van der Waals surface area contributed by atoms with Crippen LogP contribution in [-0.2, 0) is 0 Å². The Balaban J connectivity index is 2.85. The van der Waals surface area contributed by atoms with E-state index in [9.17, 15) is 13.2 Å². The Morgan fingerprint density at radius 3 is 2.33 bits per heavy atom. The SMILES string of the molecule is N#C/C(=C\c1ccccc1)SC(F)(F)F. The quantitative estimate of drug-likeness (QED) is 0.720. The Kier molecular flexibility index (Phi) is 3.81. The number of benzene rings is 1. The number of rotatable bonds is 2. The zero-order valence-corrected chi connectivity index (χ0v) is 8.27. The summed E-state index contributed by atoms with van der Waals surface area (Å²) in [5, 5.41) is 8.51. The zero-order valence-electron chi connectivity index (χ0n) is 7.45. The normalized spacial score (nSPS) is 12.3. The Morgan fingerprint density at radius 1 is 1.27 bits per heavy atom. The molecule has 0 aliphatic carbocycles. The van der Waals surface area contributed by atoms with Gasteiger partial charge in [0.2, 0.25) is 0 Å². The van der Waals surface area contributed by atoms with E-state index < -0.39 is 17.3 Å². The molecule has 0 radical (unpaired) electrons. The van der Waals surface area contributed by atoms with Crippen LogP contribution in [-0.4, -0.2) is 5.51 Å². The molecule has 1 aromatic rings. The van der Waals surface area contributed by atoms with E-state index in [1.807, 2.05) is 0 Å². The van der Waals surface area contributed by atoms with E-state index in [1.54, 1.807) is 30.3 Å². The number of allylic oxidation sites excluding steroid dienone is 1. The number of nitriles is 1. The standard InChI is InChI=1S/C10H6F3NS/c11-10(12,13)15-9(7-14)6-8-4-2-1-3-5-8/h1-6H/b9-6+. The molecule has 0 saturated heterocycles. The molecule has 0 fully saturated rings. The minimum atomic E-state index is -4.42. The summed E-state index contributed by atoms with van der Waals surface area (Å²) < 4.78 is 35.9. The molecular weight excluding hydrogens is 223 g/mol. The third kappa shape index (κ3) is 4.56. The molecule has 0 heterocycles.